The van der Waals surface area contributed by atoms with Gasteiger partial charge in [-0.05, 0) is 20.0 Å². The summed E-state index contributed by atoms with van der Waals surface area (Å²) in [7, 11) is 1.77. The van der Waals surface area contributed by atoms with Gasteiger partial charge in [0.15, 0.2) is 0 Å². The molecule has 13 heavy (non-hydrogen) atoms. The number of nitrogens with zero attached hydrogens (tertiary/aromatic N) is 1. The van der Waals surface area contributed by atoms with Crippen molar-refractivity contribution in [2.24, 2.45) is 0 Å². The van der Waals surface area contributed by atoms with Gasteiger partial charge in [-0.3, -0.25) is 9.69 Å². The zero-order valence-corrected chi connectivity index (χ0v) is 7.73. The molecule has 1 rings (SSSR count). The second-order valence-corrected chi connectivity index (χ2v) is 3.06. The normalized spacial score (nSPS) is 13.2. The van der Waals surface area contributed by atoms with E-state index in [0.29, 0.717) is 6.54 Å². The highest BCUT2D eigenvalue weighted by molar-refractivity contribution is 5.72. The first kappa shape index (κ1) is 9.80. The summed E-state index contributed by atoms with van der Waals surface area (Å²) in [6.45, 7) is 2.24. The highest BCUT2D eigenvalue weighted by Gasteiger charge is 2.16. The average Bonchev–Trinajstić information content (AvgIpc) is 2.55. The number of carboxylic acids is 1. The third-order valence-corrected chi connectivity index (χ3v) is 2.03. The fraction of sp³-hybridized carbons (Fsp3) is 0.444. The maximum absolute atomic E-state index is 10.6. The highest BCUT2D eigenvalue weighted by Crippen LogP contribution is 2.06. The molecule has 4 nitrogen and oxygen atoms in total. The quantitative estimate of drug-likeness (QED) is 0.761. The molecule has 1 N–H and O–H groups in total. The average molecular weight is 183 g/mol. The molecule has 1 aromatic heterocycles. The summed E-state index contributed by atoms with van der Waals surface area (Å²) in [4.78, 5) is 12.3. The fourth-order valence-electron chi connectivity index (χ4n) is 0.996. The molecule has 0 amide bonds. The number of likely N-dealkylation sites (N-methyl/N-ethyl adjacent to an activating group) is 1. The van der Waals surface area contributed by atoms with Crippen LogP contribution in [0.4, 0.5) is 0 Å². The maximum atomic E-state index is 10.6. The molecule has 1 aromatic rings. The van der Waals surface area contributed by atoms with Crippen LogP contribution in [0.1, 0.15) is 12.5 Å². The zero-order valence-electron chi connectivity index (χ0n) is 7.73. The Morgan fingerprint density at radius 1 is 1.77 bits per heavy atom. The lowest BCUT2D eigenvalue weighted by Crippen LogP contribution is -2.35. The van der Waals surface area contributed by atoms with Crippen LogP contribution in [0.2, 0.25) is 0 Å². The molecule has 0 saturated carbocycles. The van der Waals surface area contributed by atoms with E-state index in [1.165, 1.54) is 0 Å². The minimum atomic E-state index is -0.814. The Kier molecular flexibility index (Phi) is 3.08. The van der Waals surface area contributed by atoms with Gasteiger partial charge in [0, 0.05) is 12.1 Å². The van der Waals surface area contributed by atoms with Crippen molar-refractivity contribution in [2.75, 3.05) is 7.05 Å². The summed E-state index contributed by atoms with van der Waals surface area (Å²) in [5.74, 6) is -0.814. The van der Waals surface area contributed by atoms with Gasteiger partial charge in [0.2, 0.25) is 0 Å². The van der Waals surface area contributed by atoms with Gasteiger partial charge < -0.3 is 9.52 Å². The molecular formula is C9H13NO3. The van der Waals surface area contributed by atoms with Crippen LogP contribution in [0, 0.1) is 0 Å². The van der Waals surface area contributed by atoms with Gasteiger partial charge >= 0.3 is 5.97 Å². The summed E-state index contributed by atoms with van der Waals surface area (Å²) < 4.78 is 4.88. The van der Waals surface area contributed by atoms with Crippen molar-refractivity contribution < 1.29 is 14.3 Å². The highest BCUT2D eigenvalue weighted by atomic mass is 16.4. The predicted molar refractivity (Wildman–Crippen MR) is 47.3 cm³/mol. The smallest absolute Gasteiger partial charge is 0.320 e. The largest absolute Gasteiger partial charge is 0.480 e. The van der Waals surface area contributed by atoms with Gasteiger partial charge in [-0.25, -0.2) is 0 Å². The number of carboxylic acid groups (broad SMARTS) is 1. The molecule has 0 saturated heterocycles. The Labute approximate surface area is 76.8 Å². The van der Waals surface area contributed by atoms with E-state index < -0.39 is 12.0 Å². The number of furan rings is 1. The first-order valence-corrected chi connectivity index (χ1v) is 4.05. The summed E-state index contributed by atoms with van der Waals surface area (Å²) in [5, 5.41) is 8.72. The number of hydrogen-bond donors (Lipinski definition) is 1. The van der Waals surface area contributed by atoms with Crippen molar-refractivity contribution in [2.45, 2.75) is 19.5 Å². The van der Waals surface area contributed by atoms with Crippen LogP contribution in [0.25, 0.3) is 0 Å². The molecule has 0 aliphatic heterocycles. The second kappa shape index (κ2) is 4.09. The monoisotopic (exact) mass is 183 g/mol. The molecule has 72 valence electrons. The van der Waals surface area contributed by atoms with Gasteiger partial charge in [-0.15, -0.1) is 0 Å². The van der Waals surface area contributed by atoms with E-state index in [4.69, 9.17) is 9.52 Å². The van der Waals surface area contributed by atoms with E-state index in [-0.39, 0.29) is 0 Å². The first-order valence-electron chi connectivity index (χ1n) is 4.05. The number of rotatable bonds is 4. The molecule has 0 aliphatic rings. The van der Waals surface area contributed by atoms with Crippen LogP contribution in [-0.2, 0) is 11.3 Å². The lowest BCUT2D eigenvalue weighted by molar-refractivity contribution is -0.142. The van der Waals surface area contributed by atoms with E-state index in [1.54, 1.807) is 31.4 Å². The van der Waals surface area contributed by atoms with E-state index in [1.807, 2.05) is 6.07 Å². The van der Waals surface area contributed by atoms with Crippen molar-refractivity contribution in [1.82, 2.24) is 4.90 Å². The molecule has 4 heteroatoms. The molecule has 1 atom stereocenters. The summed E-state index contributed by atoms with van der Waals surface area (Å²) in [5.41, 5.74) is 0.982. The van der Waals surface area contributed by atoms with Crippen molar-refractivity contribution in [3.05, 3.63) is 24.2 Å². The topological polar surface area (TPSA) is 53.7 Å². The molecule has 0 aromatic carbocycles. The molecule has 0 bridgehead atoms. The van der Waals surface area contributed by atoms with Crippen molar-refractivity contribution in [1.29, 1.82) is 0 Å². The maximum Gasteiger partial charge on any atom is 0.320 e. The fourth-order valence-corrected chi connectivity index (χ4v) is 0.996. The second-order valence-electron chi connectivity index (χ2n) is 3.06. The molecular weight excluding hydrogens is 170 g/mol. The van der Waals surface area contributed by atoms with Crippen molar-refractivity contribution in [3.8, 4) is 0 Å². The van der Waals surface area contributed by atoms with Crippen LogP contribution in [0.5, 0.6) is 0 Å². The molecule has 0 spiro atoms. The van der Waals surface area contributed by atoms with Gasteiger partial charge in [-0.2, -0.15) is 0 Å². The third-order valence-electron chi connectivity index (χ3n) is 2.03. The van der Waals surface area contributed by atoms with Gasteiger partial charge in [0.05, 0.1) is 12.5 Å². The van der Waals surface area contributed by atoms with Gasteiger partial charge in [0.1, 0.15) is 6.04 Å². The molecule has 0 fully saturated rings. The van der Waals surface area contributed by atoms with Gasteiger partial charge in [0.25, 0.3) is 0 Å². The van der Waals surface area contributed by atoms with Crippen LogP contribution in [0.3, 0.4) is 0 Å². The molecule has 0 aliphatic carbocycles. The standard InChI is InChI=1S/C9H13NO3/c1-7(9(11)12)10(2)5-8-3-4-13-6-8/h3-4,6-7H,5H2,1-2H3,(H,11,12). The minimum Gasteiger partial charge on any atom is -0.480 e. The van der Waals surface area contributed by atoms with Crippen LogP contribution < -0.4 is 0 Å². The minimum absolute atomic E-state index is 0.477. The van der Waals surface area contributed by atoms with Crippen molar-refractivity contribution >= 4 is 5.97 Å². The lowest BCUT2D eigenvalue weighted by atomic mass is 10.2. The molecule has 1 unspecified atom stereocenters. The first-order chi connectivity index (χ1) is 6.11. The Hall–Kier alpha value is -1.29. The van der Waals surface area contributed by atoms with E-state index in [9.17, 15) is 4.79 Å². The number of carbonyl (C=O) groups is 1. The van der Waals surface area contributed by atoms with Crippen molar-refractivity contribution in [3.63, 3.8) is 0 Å². The third kappa shape index (κ3) is 2.59. The lowest BCUT2D eigenvalue weighted by Gasteiger charge is -2.19. The summed E-state index contributed by atoms with van der Waals surface area (Å²) >= 11 is 0. The predicted octanol–water partition coefficient (Wildman–Crippen LogP) is 1.18. The van der Waals surface area contributed by atoms with E-state index >= 15 is 0 Å². The van der Waals surface area contributed by atoms with Crippen LogP contribution in [-0.4, -0.2) is 29.1 Å². The zero-order chi connectivity index (χ0) is 9.84. The number of hydrogen-bond acceptors (Lipinski definition) is 3. The van der Waals surface area contributed by atoms with E-state index in [0.717, 1.165) is 5.56 Å². The number of aliphatic carboxylic acids is 1. The Balaban J connectivity index is 2.50. The summed E-state index contributed by atoms with van der Waals surface area (Å²) in [6, 6.07) is 1.35. The Bertz CT molecular complexity index is 268. The Morgan fingerprint density at radius 3 is 2.92 bits per heavy atom. The summed E-state index contributed by atoms with van der Waals surface area (Å²) in [6.07, 6.45) is 3.19. The van der Waals surface area contributed by atoms with Gasteiger partial charge in [-0.1, -0.05) is 0 Å². The van der Waals surface area contributed by atoms with Crippen LogP contribution in [0.15, 0.2) is 23.0 Å². The van der Waals surface area contributed by atoms with Crippen LogP contribution >= 0.6 is 0 Å². The molecule has 1 heterocycles. The molecule has 0 radical (unpaired) electrons. The Morgan fingerprint density at radius 2 is 2.46 bits per heavy atom. The SMILES string of the molecule is CC(C(=O)O)N(C)Cc1ccoc1. The van der Waals surface area contributed by atoms with E-state index in [2.05, 4.69) is 0 Å².